The number of hydrogen-bond donors (Lipinski definition) is 3. The van der Waals surface area contributed by atoms with Crippen LogP contribution in [-0.2, 0) is 0 Å². The summed E-state index contributed by atoms with van der Waals surface area (Å²) in [6, 6.07) is 15.7. The second-order valence-electron chi connectivity index (χ2n) is 6.01. The summed E-state index contributed by atoms with van der Waals surface area (Å²) in [7, 11) is 0. The lowest BCUT2D eigenvalue weighted by molar-refractivity contribution is -0.274. The molecule has 3 N–H and O–H groups in total. The number of halogens is 3. The molecule has 0 spiro atoms. The number of aromatic nitrogens is 2. The van der Waals surface area contributed by atoms with E-state index in [1.807, 2.05) is 6.07 Å². The second kappa shape index (κ2) is 9.11. The van der Waals surface area contributed by atoms with Gasteiger partial charge >= 0.3 is 6.36 Å². The van der Waals surface area contributed by atoms with Gasteiger partial charge in [0, 0.05) is 23.9 Å². The molecule has 2 aromatic carbocycles. The predicted octanol–water partition coefficient (Wildman–Crippen LogP) is 4.06. The van der Waals surface area contributed by atoms with Crippen LogP contribution in [0.15, 0.2) is 54.6 Å². The van der Waals surface area contributed by atoms with Crippen molar-refractivity contribution in [2.75, 3.05) is 23.8 Å². The van der Waals surface area contributed by atoms with E-state index < -0.39 is 6.36 Å². The Bertz CT molecular complexity index is 1070. The van der Waals surface area contributed by atoms with Gasteiger partial charge in [-0.3, -0.25) is 0 Å². The van der Waals surface area contributed by atoms with E-state index >= 15 is 0 Å². The summed E-state index contributed by atoms with van der Waals surface area (Å²) in [6.45, 7) is 0.0273. The molecule has 0 fully saturated rings. The van der Waals surface area contributed by atoms with E-state index in [1.165, 1.54) is 18.2 Å². The Morgan fingerprint density at radius 1 is 1.07 bits per heavy atom. The van der Waals surface area contributed by atoms with E-state index in [2.05, 4.69) is 25.3 Å². The van der Waals surface area contributed by atoms with Gasteiger partial charge in [0.25, 0.3) is 0 Å². The number of benzene rings is 2. The minimum Gasteiger partial charge on any atom is -0.406 e. The number of rotatable bonds is 7. The molecule has 0 unspecified atom stereocenters. The molecule has 0 amide bonds. The lowest BCUT2D eigenvalue weighted by atomic mass is 10.1. The lowest BCUT2D eigenvalue weighted by Crippen LogP contribution is -2.17. The van der Waals surface area contributed by atoms with Gasteiger partial charge < -0.3 is 20.5 Å². The molecule has 154 valence electrons. The molecule has 0 radical (unpaired) electrons. The molecular weight excluding hydrogens is 399 g/mol. The van der Waals surface area contributed by atoms with Crippen LogP contribution in [0.25, 0.3) is 11.3 Å². The van der Waals surface area contributed by atoms with E-state index in [1.54, 1.807) is 36.4 Å². The summed E-state index contributed by atoms with van der Waals surface area (Å²) in [5.41, 5.74) is 1.75. The number of hydrogen-bond acceptors (Lipinski definition) is 7. The standard InChI is InChI=1S/C20H16F3N5O2/c21-20(22,23)30-16-6-2-4-14(10-16)17-11-18(28-19(27-17)25-7-8-29)26-15-5-1-3-13(9-15)12-24/h1-6,9-11,29H,7-8H2,(H2,25,26,27,28). The summed E-state index contributed by atoms with van der Waals surface area (Å²) in [4.78, 5) is 8.58. The van der Waals surface area contributed by atoms with Crippen molar-refractivity contribution in [3.05, 3.63) is 60.2 Å². The van der Waals surface area contributed by atoms with Crippen LogP contribution in [-0.4, -0.2) is 34.6 Å². The Kier molecular flexibility index (Phi) is 6.34. The van der Waals surface area contributed by atoms with Crippen molar-refractivity contribution in [2.45, 2.75) is 6.36 Å². The number of aliphatic hydroxyl groups excluding tert-OH is 1. The average molecular weight is 415 g/mol. The number of alkyl halides is 3. The van der Waals surface area contributed by atoms with Crippen LogP contribution in [0.3, 0.4) is 0 Å². The molecule has 0 aliphatic rings. The molecule has 0 atom stereocenters. The smallest absolute Gasteiger partial charge is 0.406 e. The zero-order chi connectivity index (χ0) is 21.6. The maximum absolute atomic E-state index is 12.5. The second-order valence-corrected chi connectivity index (χ2v) is 6.01. The Labute approximate surface area is 169 Å². The van der Waals surface area contributed by atoms with Crippen LogP contribution >= 0.6 is 0 Å². The quantitative estimate of drug-likeness (QED) is 0.535. The molecule has 1 heterocycles. The molecule has 10 heteroatoms. The van der Waals surface area contributed by atoms with E-state index in [9.17, 15) is 13.2 Å². The Morgan fingerprint density at radius 2 is 1.87 bits per heavy atom. The SMILES string of the molecule is N#Cc1cccc(Nc2cc(-c3cccc(OC(F)(F)F)c3)nc(NCCO)n2)c1. The van der Waals surface area contributed by atoms with E-state index in [-0.39, 0.29) is 24.8 Å². The maximum atomic E-state index is 12.5. The monoisotopic (exact) mass is 415 g/mol. The molecule has 3 aromatic rings. The fourth-order valence-electron chi connectivity index (χ4n) is 2.57. The van der Waals surface area contributed by atoms with Gasteiger partial charge in [0.1, 0.15) is 11.6 Å². The van der Waals surface area contributed by atoms with Crippen LogP contribution in [0.2, 0.25) is 0 Å². The first kappa shape index (κ1) is 20.9. The highest BCUT2D eigenvalue weighted by molar-refractivity contribution is 5.68. The predicted molar refractivity (Wildman–Crippen MR) is 104 cm³/mol. The minimum absolute atomic E-state index is 0.157. The molecule has 3 rings (SSSR count). The van der Waals surface area contributed by atoms with Crippen LogP contribution in [0.1, 0.15) is 5.56 Å². The van der Waals surface area contributed by atoms with Gasteiger partial charge in [0.2, 0.25) is 5.95 Å². The highest BCUT2D eigenvalue weighted by Gasteiger charge is 2.31. The molecule has 0 saturated heterocycles. The topological polar surface area (TPSA) is 103 Å². The largest absolute Gasteiger partial charge is 0.573 e. The van der Waals surface area contributed by atoms with Gasteiger partial charge in [-0.05, 0) is 30.3 Å². The van der Waals surface area contributed by atoms with Crippen molar-refractivity contribution >= 4 is 17.5 Å². The highest BCUT2D eigenvalue weighted by Crippen LogP contribution is 2.29. The highest BCUT2D eigenvalue weighted by atomic mass is 19.4. The molecule has 0 aliphatic heterocycles. The molecule has 0 aliphatic carbocycles. The van der Waals surface area contributed by atoms with Gasteiger partial charge in [0.15, 0.2) is 0 Å². The van der Waals surface area contributed by atoms with Crippen molar-refractivity contribution in [3.8, 4) is 23.1 Å². The summed E-state index contributed by atoms with van der Waals surface area (Å²) >= 11 is 0. The first-order valence-corrected chi connectivity index (χ1v) is 8.73. The lowest BCUT2D eigenvalue weighted by Gasteiger charge is -2.13. The molecule has 0 bridgehead atoms. The first-order valence-electron chi connectivity index (χ1n) is 8.73. The third-order valence-corrected chi connectivity index (χ3v) is 3.75. The average Bonchev–Trinajstić information content (AvgIpc) is 2.71. The Balaban J connectivity index is 1.96. The first-order chi connectivity index (χ1) is 14.4. The number of aliphatic hydroxyl groups is 1. The number of nitrogens with zero attached hydrogens (tertiary/aromatic N) is 3. The molecule has 1 aromatic heterocycles. The van der Waals surface area contributed by atoms with Crippen LogP contribution in [0.4, 0.5) is 30.6 Å². The van der Waals surface area contributed by atoms with Crippen LogP contribution in [0.5, 0.6) is 5.75 Å². The van der Waals surface area contributed by atoms with Gasteiger partial charge in [-0.15, -0.1) is 13.2 Å². The van der Waals surface area contributed by atoms with E-state index in [4.69, 9.17) is 10.4 Å². The van der Waals surface area contributed by atoms with E-state index in [0.717, 1.165) is 0 Å². The van der Waals surface area contributed by atoms with Crippen molar-refractivity contribution in [2.24, 2.45) is 0 Å². The van der Waals surface area contributed by atoms with Gasteiger partial charge in [-0.2, -0.15) is 10.2 Å². The maximum Gasteiger partial charge on any atom is 0.573 e. The van der Waals surface area contributed by atoms with Crippen molar-refractivity contribution in [3.63, 3.8) is 0 Å². The fourth-order valence-corrected chi connectivity index (χ4v) is 2.57. The fraction of sp³-hybridized carbons (Fsp3) is 0.150. The van der Waals surface area contributed by atoms with Crippen LogP contribution in [0, 0.1) is 11.3 Å². The number of nitriles is 1. The van der Waals surface area contributed by atoms with Gasteiger partial charge in [-0.25, -0.2) is 4.98 Å². The van der Waals surface area contributed by atoms with Crippen molar-refractivity contribution in [1.82, 2.24) is 9.97 Å². The zero-order valence-corrected chi connectivity index (χ0v) is 15.4. The van der Waals surface area contributed by atoms with E-state index in [0.29, 0.717) is 28.3 Å². The summed E-state index contributed by atoms with van der Waals surface area (Å²) in [6.07, 6.45) is -4.81. The van der Waals surface area contributed by atoms with Crippen LogP contribution < -0.4 is 15.4 Å². The summed E-state index contributed by atoms with van der Waals surface area (Å²) in [5, 5.41) is 23.9. The third kappa shape index (κ3) is 5.83. The Hall–Kier alpha value is -3.84. The molecular formula is C20H16F3N5O2. The molecule has 7 nitrogen and oxygen atoms in total. The molecule has 30 heavy (non-hydrogen) atoms. The van der Waals surface area contributed by atoms with Crippen molar-refractivity contribution < 1.29 is 23.0 Å². The van der Waals surface area contributed by atoms with Gasteiger partial charge in [-0.1, -0.05) is 18.2 Å². The number of ether oxygens (including phenoxy) is 1. The molecule has 0 saturated carbocycles. The Morgan fingerprint density at radius 3 is 2.60 bits per heavy atom. The third-order valence-electron chi connectivity index (χ3n) is 3.75. The minimum atomic E-state index is -4.81. The van der Waals surface area contributed by atoms with Crippen molar-refractivity contribution in [1.29, 1.82) is 5.26 Å². The summed E-state index contributed by atoms with van der Waals surface area (Å²) in [5.74, 6) is 0.139. The normalized spacial score (nSPS) is 10.9. The summed E-state index contributed by atoms with van der Waals surface area (Å²) < 4.78 is 41.6. The number of anilines is 3. The van der Waals surface area contributed by atoms with Gasteiger partial charge in [0.05, 0.1) is 23.9 Å². The number of nitrogens with one attached hydrogen (secondary N) is 2. The zero-order valence-electron chi connectivity index (χ0n) is 15.4.